The van der Waals surface area contributed by atoms with E-state index in [1.807, 2.05) is 0 Å². The van der Waals surface area contributed by atoms with E-state index in [1.165, 1.54) is 24.3 Å². The number of rotatable bonds is 13. The van der Waals surface area contributed by atoms with Gasteiger partial charge in [0.1, 0.15) is 17.8 Å². The molecule has 0 saturated heterocycles. The molecule has 0 aliphatic heterocycles. The molecule has 0 radical (unpaired) electrons. The Kier molecular flexibility index (Phi) is 11.0. The maximum absolute atomic E-state index is 12.4. The van der Waals surface area contributed by atoms with E-state index in [9.17, 15) is 34.2 Å². The number of benzene rings is 1. The highest BCUT2D eigenvalue weighted by molar-refractivity contribution is 7.80. The van der Waals surface area contributed by atoms with E-state index in [4.69, 9.17) is 11.5 Å². The van der Waals surface area contributed by atoms with Crippen LogP contribution in [0.4, 0.5) is 0 Å². The lowest BCUT2D eigenvalue weighted by Gasteiger charge is -2.20. The molecule has 0 aliphatic rings. The highest BCUT2D eigenvalue weighted by Crippen LogP contribution is 2.11. The van der Waals surface area contributed by atoms with E-state index in [0.29, 0.717) is 5.56 Å². The van der Waals surface area contributed by atoms with Gasteiger partial charge >= 0.3 is 5.97 Å². The number of aromatic hydroxyl groups is 1. The second kappa shape index (κ2) is 13.2. The summed E-state index contributed by atoms with van der Waals surface area (Å²) in [7, 11) is 0. The van der Waals surface area contributed by atoms with Gasteiger partial charge in [0, 0.05) is 18.6 Å². The van der Waals surface area contributed by atoms with E-state index in [1.54, 1.807) is 0 Å². The van der Waals surface area contributed by atoms with Crippen molar-refractivity contribution in [1.29, 1.82) is 0 Å². The lowest BCUT2D eigenvalue weighted by atomic mass is 10.1. The smallest absolute Gasteiger partial charge is 0.326 e. The quantitative estimate of drug-likeness (QED) is 0.146. The SMILES string of the molecule is NC(=O)CCC(NC(=O)C(N)CS)C(=O)NCC(=O)NC(Cc1ccc(O)cc1)C(=O)O. The van der Waals surface area contributed by atoms with Crippen molar-refractivity contribution >= 4 is 42.2 Å². The summed E-state index contributed by atoms with van der Waals surface area (Å²) in [6.45, 7) is -0.570. The number of carbonyl (C=O) groups excluding carboxylic acids is 4. The number of amides is 4. The number of nitrogens with two attached hydrogens (primary N) is 2. The van der Waals surface area contributed by atoms with Gasteiger partial charge in [0.2, 0.25) is 23.6 Å². The average molecular weight is 470 g/mol. The van der Waals surface area contributed by atoms with Crippen molar-refractivity contribution < 1.29 is 34.2 Å². The van der Waals surface area contributed by atoms with Crippen LogP contribution in [0.15, 0.2) is 24.3 Å². The molecule has 176 valence electrons. The fourth-order valence-electron chi connectivity index (χ4n) is 2.52. The molecular formula is C19H27N5O7S. The molecule has 12 nitrogen and oxygen atoms in total. The van der Waals surface area contributed by atoms with Crippen LogP contribution in [0.3, 0.4) is 0 Å². The molecule has 9 N–H and O–H groups in total. The standard InChI is InChI=1S/C19H27N5O7S/c20-12(9-32)17(28)24-13(5-6-15(21)26)18(29)22-8-16(27)23-14(19(30)31)7-10-1-3-11(25)4-2-10/h1-4,12-14,25,32H,5-9,20H2,(H2,21,26)(H,22,29)(H,23,27)(H,24,28)(H,30,31). The maximum Gasteiger partial charge on any atom is 0.326 e. The lowest BCUT2D eigenvalue weighted by Crippen LogP contribution is -2.54. The van der Waals surface area contributed by atoms with Gasteiger partial charge in [0.15, 0.2) is 0 Å². The summed E-state index contributed by atoms with van der Waals surface area (Å²) < 4.78 is 0. The first-order chi connectivity index (χ1) is 15.0. The molecule has 1 aromatic carbocycles. The Morgan fingerprint density at radius 2 is 1.62 bits per heavy atom. The van der Waals surface area contributed by atoms with Crippen LogP contribution in [0, 0.1) is 0 Å². The Bertz CT molecular complexity index is 834. The zero-order valence-corrected chi connectivity index (χ0v) is 18.0. The van der Waals surface area contributed by atoms with Crippen LogP contribution in [-0.4, -0.2) is 70.2 Å². The number of thiol groups is 1. The summed E-state index contributed by atoms with van der Waals surface area (Å²) in [6.07, 6.45) is -0.366. The summed E-state index contributed by atoms with van der Waals surface area (Å²) in [4.78, 5) is 59.0. The van der Waals surface area contributed by atoms with Gasteiger partial charge in [0.25, 0.3) is 0 Å². The largest absolute Gasteiger partial charge is 0.508 e. The molecule has 1 aromatic rings. The number of hydrogen-bond acceptors (Lipinski definition) is 8. The van der Waals surface area contributed by atoms with Crippen molar-refractivity contribution in [1.82, 2.24) is 16.0 Å². The molecule has 0 spiro atoms. The van der Waals surface area contributed by atoms with Gasteiger partial charge in [-0.2, -0.15) is 12.6 Å². The highest BCUT2D eigenvalue weighted by atomic mass is 32.1. The average Bonchev–Trinajstić information content (AvgIpc) is 2.74. The Hall–Kier alpha value is -3.32. The molecule has 0 fully saturated rings. The molecule has 0 aromatic heterocycles. The minimum absolute atomic E-state index is 0.0145. The van der Waals surface area contributed by atoms with Crippen molar-refractivity contribution in [2.45, 2.75) is 37.4 Å². The highest BCUT2D eigenvalue weighted by Gasteiger charge is 2.25. The number of primary amides is 1. The van der Waals surface area contributed by atoms with Gasteiger partial charge in [-0.1, -0.05) is 12.1 Å². The zero-order valence-electron chi connectivity index (χ0n) is 17.1. The molecule has 0 bridgehead atoms. The summed E-state index contributed by atoms with van der Waals surface area (Å²) in [5, 5.41) is 25.6. The van der Waals surface area contributed by atoms with E-state index in [2.05, 4.69) is 28.6 Å². The first kappa shape index (κ1) is 26.7. The van der Waals surface area contributed by atoms with E-state index < -0.39 is 54.3 Å². The van der Waals surface area contributed by atoms with Crippen molar-refractivity contribution in [3.63, 3.8) is 0 Å². The second-order valence-corrected chi connectivity index (χ2v) is 7.27. The topological polar surface area (TPSA) is 214 Å². The molecule has 4 amide bonds. The van der Waals surface area contributed by atoms with E-state index in [0.717, 1.165) is 0 Å². The predicted octanol–water partition coefficient (Wildman–Crippen LogP) is -2.37. The van der Waals surface area contributed by atoms with Gasteiger partial charge in [-0.25, -0.2) is 4.79 Å². The first-order valence-corrected chi connectivity index (χ1v) is 10.2. The second-order valence-electron chi connectivity index (χ2n) is 6.90. The fourth-order valence-corrected chi connectivity index (χ4v) is 2.69. The van der Waals surface area contributed by atoms with Gasteiger partial charge in [-0.3, -0.25) is 19.2 Å². The minimum atomic E-state index is -1.29. The summed E-state index contributed by atoms with van der Waals surface area (Å²) in [6, 6.07) is 2.36. The van der Waals surface area contributed by atoms with Crippen molar-refractivity contribution in [3.05, 3.63) is 29.8 Å². The summed E-state index contributed by atoms with van der Waals surface area (Å²) in [5.74, 6) is -4.16. The van der Waals surface area contributed by atoms with Gasteiger partial charge in [0.05, 0.1) is 12.6 Å². The number of nitrogens with one attached hydrogen (secondary N) is 3. The predicted molar refractivity (Wildman–Crippen MR) is 117 cm³/mol. The lowest BCUT2D eigenvalue weighted by molar-refractivity contribution is -0.141. The fraction of sp³-hybridized carbons (Fsp3) is 0.421. The third kappa shape index (κ3) is 9.66. The number of carboxylic acids is 1. The third-order valence-electron chi connectivity index (χ3n) is 4.28. The Morgan fingerprint density at radius 3 is 2.16 bits per heavy atom. The Labute approximate surface area is 189 Å². The molecule has 13 heteroatoms. The number of phenolic OH excluding ortho intramolecular Hbond substituents is 1. The van der Waals surface area contributed by atoms with Crippen molar-refractivity contribution in [3.8, 4) is 5.75 Å². The van der Waals surface area contributed by atoms with Crippen LogP contribution in [0.25, 0.3) is 0 Å². The number of aliphatic carboxylic acids is 1. The number of hydrogen-bond donors (Lipinski definition) is 8. The minimum Gasteiger partial charge on any atom is -0.508 e. The van der Waals surface area contributed by atoms with E-state index in [-0.39, 0.29) is 30.8 Å². The van der Waals surface area contributed by atoms with Crippen LogP contribution in [0.2, 0.25) is 0 Å². The van der Waals surface area contributed by atoms with Gasteiger partial charge in [-0.15, -0.1) is 0 Å². The molecule has 3 atom stereocenters. The summed E-state index contributed by atoms with van der Waals surface area (Å²) in [5.41, 5.74) is 11.2. The van der Waals surface area contributed by atoms with Crippen LogP contribution < -0.4 is 27.4 Å². The number of carboxylic acid groups (broad SMARTS) is 1. The molecule has 3 unspecified atom stereocenters. The van der Waals surface area contributed by atoms with Crippen molar-refractivity contribution in [2.24, 2.45) is 11.5 Å². The number of phenols is 1. The zero-order chi connectivity index (χ0) is 24.3. The molecule has 0 aliphatic carbocycles. The van der Waals surface area contributed by atoms with Gasteiger partial charge < -0.3 is 37.6 Å². The van der Waals surface area contributed by atoms with Gasteiger partial charge in [-0.05, 0) is 24.1 Å². The Morgan fingerprint density at radius 1 is 1.00 bits per heavy atom. The molecule has 0 saturated carbocycles. The monoisotopic (exact) mass is 469 g/mol. The molecule has 1 rings (SSSR count). The van der Waals surface area contributed by atoms with Crippen LogP contribution in [0.5, 0.6) is 5.75 Å². The van der Waals surface area contributed by atoms with Crippen LogP contribution in [0.1, 0.15) is 18.4 Å². The molecular weight excluding hydrogens is 442 g/mol. The first-order valence-electron chi connectivity index (χ1n) is 9.56. The molecule has 0 heterocycles. The number of carbonyl (C=O) groups is 5. The van der Waals surface area contributed by atoms with Crippen LogP contribution in [-0.2, 0) is 30.4 Å². The maximum atomic E-state index is 12.4. The van der Waals surface area contributed by atoms with Crippen molar-refractivity contribution in [2.75, 3.05) is 12.3 Å². The summed E-state index contributed by atoms with van der Waals surface area (Å²) >= 11 is 3.90. The van der Waals surface area contributed by atoms with E-state index >= 15 is 0 Å². The third-order valence-corrected chi connectivity index (χ3v) is 4.67. The Balaban J connectivity index is 2.68. The normalized spacial score (nSPS) is 13.3. The molecule has 32 heavy (non-hydrogen) atoms. The van der Waals surface area contributed by atoms with Crippen LogP contribution >= 0.6 is 12.6 Å².